The molecule has 2 aromatic heterocycles. The Bertz CT molecular complexity index is 966. The number of hydrogen-bond acceptors (Lipinski definition) is 4. The van der Waals surface area contributed by atoms with Crippen molar-refractivity contribution in [2.75, 3.05) is 26.2 Å². The lowest BCUT2D eigenvalue weighted by Gasteiger charge is -2.24. The summed E-state index contributed by atoms with van der Waals surface area (Å²) >= 11 is 0. The minimum atomic E-state index is 0.157. The third-order valence-electron chi connectivity index (χ3n) is 5.46. The summed E-state index contributed by atoms with van der Waals surface area (Å²) in [6.07, 6.45) is 6.90. The van der Waals surface area contributed by atoms with Gasteiger partial charge in [-0.3, -0.25) is 19.4 Å². The summed E-state index contributed by atoms with van der Waals surface area (Å²) in [7, 11) is 1.94. The second-order valence-electron chi connectivity index (χ2n) is 7.83. The average molecular weight is 377 g/mol. The van der Waals surface area contributed by atoms with Crippen LogP contribution in [0.3, 0.4) is 0 Å². The van der Waals surface area contributed by atoms with E-state index in [1.54, 1.807) is 6.92 Å². The molecule has 4 rings (SSSR count). The molecule has 146 valence electrons. The Morgan fingerprint density at radius 1 is 1.14 bits per heavy atom. The van der Waals surface area contributed by atoms with Crippen molar-refractivity contribution in [1.82, 2.24) is 24.6 Å². The lowest BCUT2D eigenvalue weighted by Crippen LogP contribution is -2.34. The first-order valence-electron chi connectivity index (χ1n) is 9.86. The molecule has 0 radical (unpaired) electrons. The molecule has 1 aromatic carbocycles. The number of carbonyl (C=O) groups excluding carboxylic acids is 1. The van der Waals surface area contributed by atoms with Crippen LogP contribution in [0.1, 0.15) is 18.1 Å². The Balaban J connectivity index is 1.51. The molecule has 0 bridgehead atoms. The second kappa shape index (κ2) is 8.10. The van der Waals surface area contributed by atoms with Gasteiger partial charge in [-0.1, -0.05) is 18.2 Å². The molecule has 3 aromatic rings. The van der Waals surface area contributed by atoms with Gasteiger partial charge < -0.3 is 4.90 Å². The topological polar surface area (TPSA) is 54.3 Å². The summed E-state index contributed by atoms with van der Waals surface area (Å²) in [6.45, 7) is 5.97. The van der Waals surface area contributed by atoms with Gasteiger partial charge in [0.15, 0.2) is 0 Å². The molecule has 1 unspecified atom stereocenters. The highest BCUT2D eigenvalue weighted by Crippen LogP contribution is 2.20. The number of pyridine rings is 1. The molecule has 0 N–H and O–H groups in total. The predicted octanol–water partition coefficient (Wildman–Crippen LogP) is 2.49. The van der Waals surface area contributed by atoms with Gasteiger partial charge in [-0.25, -0.2) is 0 Å². The van der Waals surface area contributed by atoms with Gasteiger partial charge in [-0.05, 0) is 30.0 Å². The van der Waals surface area contributed by atoms with Crippen LogP contribution in [0.2, 0.25) is 0 Å². The summed E-state index contributed by atoms with van der Waals surface area (Å²) < 4.78 is 1.84. The van der Waals surface area contributed by atoms with Crippen molar-refractivity contribution in [3.63, 3.8) is 0 Å². The van der Waals surface area contributed by atoms with Crippen LogP contribution in [-0.4, -0.2) is 56.7 Å². The van der Waals surface area contributed by atoms with Crippen molar-refractivity contribution in [1.29, 1.82) is 0 Å². The largest absolute Gasteiger partial charge is 0.341 e. The van der Waals surface area contributed by atoms with Gasteiger partial charge in [0.25, 0.3) is 0 Å². The minimum Gasteiger partial charge on any atom is -0.341 e. The first-order valence-corrected chi connectivity index (χ1v) is 9.86. The van der Waals surface area contributed by atoms with Crippen LogP contribution >= 0.6 is 0 Å². The van der Waals surface area contributed by atoms with Crippen molar-refractivity contribution in [3.8, 4) is 0 Å². The number of aromatic nitrogens is 3. The molecule has 6 nitrogen and oxygen atoms in total. The van der Waals surface area contributed by atoms with E-state index in [-0.39, 0.29) is 5.91 Å². The van der Waals surface area contributed by atoms with Crippen molar-refractivity contribution in [2.24, 2.45) is 13.0 Å². The highest BCUT2D eigenvalue weighted by Gasteiger charge is 2.25. The number of para-hydroxylation sites is 1. The second-order valence-corrected chi connectivity index (χ2v) is 7.83. The maximum absolute atomic E-state index is 12.1. The number of hydrogen-bond donors (Lipinski definition) is 0. The van der Waals surface area contributed by atoms with Crippen LogP contribution in [0.4, 0.5) is 0 Å². The van der Waals surface area contributed by atoms with Gasteiger partial charge in [0.1, 0.15) is 0 Å². The van der Waals surface area contributed by atoms with Gasteiger partial charge in [-0.15, -0.1) is 0 Å². The molecule has 1 aliphatic heterocycles. The summed E-state index contributed by atoms with van der Waals surface area (Å²) in [5, 5.41) is 5.45. The van der Waals surface area contributed by atoms with Crippen LogP contribution in [0, 0.1) is 5.92 Å². The quantitative estimate of drug-likeness (QED) is 0.701. The van der Waals surface area contributed by atoms with E-state index in [9.17, 15) is 4.79 Å². The Labute approximate surface area is 165 Å². The van der Waals surface area contributed by atoms with E-state index in [1.165, 1.54) is 16.5 Å². The third kappa shape index (κ3) is 4.39. The molecule has 28 heavy (non-hydrogen) atoms. The fourth-order valence-corrected chi connectivity index (χ4v) is 4.11. The highest BCUT2D eigenvalue weighted by molar-refractivity contribution is 5.78. The van der Waals surface area contributed by atoms with E-state index in [4.69, 9.17) is 0 Å². The van der Waals surface area contributed by atoms with Gasteiger partial charge >= 0.3 is 0 Å². The van der Waals surface area contributed by atoms with E-state index in [0.29, 0.717) is 5.92 Å². The Hall–Kier alpha value is -2.73. The molecule has 1 aliphatic rings. The Morgan fingerprint density at radius 3 is 2.79 bits per heavy atom. The molecule has 3 heterocycles. The zero-order valence-corrected chi connectivity index (χ0v) is 16.6. The maximum Gasteiger partial charge on any atom is 0.219 e. The van der Waals surface area contributed by atoms with Crippen molar-refractivity contribution < 1.29 is 4.79 Å². The van der Waals surface area contributed by atoms with Gasteiger partial charge in [0.05, 0.1) is 11.7 Å². The fourth-order valence-electron chi connectivity index (χ4n) is 4.11. The summed E-state index contributed by atoms with van der Waals surface area (Å²) in [5.41, 5.74) is 3.47. The molecular formula is C22H27N5O. The number of benzene rings is 1. The molecule has 0 spiro atoms. The smallest absolute Gasteiger partial charge is 0.219 e. The van der Waals surface area contributed by atoms with Crippen LogP contribution in [0.15, 0.2) is 48.9 Å². The van der Waals surface area contributed by atoms with Crippen molar-refractivity contribution >= 4 is 16.8 Å². The minimum absolute atomic E-state index is 0.157. The van der Waals surface area contributed by atoms with Gasteiger partial charge in [-0.2, -0.15) is 5.10 Å². The van der Waals surface area contributed by atoms with Crippen LogP contribution in [0.25, 0.3) is 10.9 Å². The van der Waals surface area contributed by atoms with Crippen molar-refractivity contribution in [2.45, 2.75) is 19.9 Å². The van der Waals surface area contributed by atoms with E-state index in [2.05, 4.69) is 33.3 Å². The molecule has 0 saturated carbocycles. The molecule has 1 atom stereocenters. The molecule has 0 aliphatic carbocycles. The lowest BCUT2D eigenvalue weighted by molar-refractivity contribution is -0.129. The van der Waals surface area contributed by atoms with E-state index in [0.717, 1.165) is 44.7 Å². The normalized spacial score (nSPS) is 18.4. The molecule has 6 heteroatoms. The summed E-state index contributed by atoms with van der Waals surface area (Å²) in [6, 6.07) is 10.4. The summed E-state index contributed by atoms with van der Waals surface area (Å²) in [4.78, 5) is 21.1. The average Bonchev–Trinajstić information content (AvgIpc) is 2.97. The van der Waals surface area contributed by atoms with Gasteiger partial charge in [0, 0.05) is 70.0 Å². The first kappa shape index (κ1) is 18.6. The standard InChI is InChI=1S/C22H27N5O/c1-17(28)27-8-7-26(15-20-12-24-25(2)13-20)14-19(16-27)9-18-10-21-5-3-4-6-22(21)23-11-18/h3-6,10-13,19H,7-9,14-16H2,1-2H3. The van der Waals surface area contributed by atoms with Gasteiger partial charge in [0.2, 0.25) is 5.91 Å². The molecule has 1 fully saturated rings. The maximum atomic E-state index is 12.1. The van der Waals surface area contributed by atoms with Crippen molar-refractivity contribution in [3.05, 3.63) is 60.0 Å². The number of fused-ring (bicyclic) bond motifs is 1. The monoisotopic (exact) mass is 377 g/mol. The predicted molar refractivity (Wildman–Crippen MR) is 110 cm³/mol. The lowest BCUT2D eigenvalue weighted by atomic mass is 9.98. The number of carbonyl (C=O) groups is 1. The molecular weight excluding hydrogens is 350 g/mol. The van der Waals surface area contributed by atoms with Crippen LogP contribution < -0.4 is 0 Å². The zero-order chi connectivity index (χ0) is 19.5. The number of amides is 1. The molecule has 1 saturated heterocycles. The number of rotatable bonds is 4. The summed E-state index contributed by atoms with van der Waals surface area (Å²) in [5.74, 6) is 0.538. The number of aryl methyl sites for hydroxylation is 1. The Kier molecular flexibility index (Phi) is 5.39. The number of nitrogens with zero attached hydrogens (tertiary/aromatic N) is 5. The zero-order valence-electron chi connectivity index (χ0n) is 16.6. The SMILES string of the molecule is CC(=O)N1CCN(Cc2cnn(C)c2)CC(Cc2cnc3ccccc3c2)C1. The first-order chi connectivity index (χ1) is 13.6. The van der Waals surface area contributed by atoms with Crippen LogP contribution in [0.5, 0.6) is 0 Å². The Morgan fingerprint density at radius 2 is 2.00 bits per heavy atom. The molecule has 1 amide bonds. The van der Waals surface area contributed by atoms with E-state index >= 15 is 0 Å². The fraction of sp³-hybridized carbons (Fsp3) is 0.409. The van der Waals surface area contributed by atoms with E-state index < -0.39 is 0 Å². The third-order valence-corrected chi connectivity index (χ3v) is 5.46. The van der Waals surface area contributed by atoms with E-state index in [1.807, 2.05) is 47.2 Å². The van der Waals surface area contributed by atoms with Crippen LogP contribution in [-0.2, 0) is 24.8 Å². The highest BCUT2D eigenvalue weighted by atomic mass is 16.2.